The summed E-state index contributed by atoms with van der Waals surface area (Å²) in [4.78, 5) is 10.9. The Morgan fingerprint density at radius 1 is 1.62 bits per heavy atom. The van der Waals surface area contributed by atoms with Gasteiger partial charge in [0.05, 0.1) is 24.8 Å². The van der Waals surface area contributed by atoms with Gasteiger partial charge < -0.3 is 9.84 Å². The Morgan fingerprint density at radius 3 is 3.00 bits per heavy atom. The standard InChI is InChI=1S/C12H13NO3/c1-16-12(15)6-5-11(14)10-4-2-3-9(7-10)8-13/h2-4,7,11,14H,5-6H2,1H3. The third-order valence-electron chi connectivity index (χ3n) is 2.25. The summed E-state index contributed by atoms with van der Waals surface area (Å²) in [5.74, 6) is -0.351. The molecule has 4 nitrogen and oxygen atoms in total. The molecule has 1 unspecified atom stereocenters. The molecule has 84 valence electrons. The summed E-state index contributed by atoms with van der Waals surface area (Å²) in [5.41, 5.74) is 1.14. The van der Waals surface area contributed by atoms with Crippen molar-refractivity contribution in [3.8, 4) is 6.07 Å². The van der Waals surface area contributed by atoms with E-state index in [9.17, 15) is 9.90 Å². The van der Waals surface area contributed by atoms with Gasteiger partial charge in [0.25, 0.3) is 0 Å². The number of hydrogen-bond acceptors (Lipinski definition) is 4. The maximum atomic E-state index is 10.9. The van der Waals surface area contributed by atoms with E-state index in [-0.39, 0.29) is 12.4 Å². The Morgan fingerprint density at radius 2 is 2.38 bits per heavy atom. The van der Waals surface area contributed by atoms with Crippen LogP contribution in [0.15, 0.2) is 24.3 Å². The van der Waals surface area contributed by atoms with Gasteiger partial charge in [-0.05, 0) is 24.1 Å². The topological polar surface area (TPSA) is 70.3 Å². The van der Waals surface area contributed by atoms with Crippen LogP contribution in [0.3, 0.4) is 0 Å². The molecule has 0 spiro atoms. The summed E-state index contributed by atoms with van der Waals surface area (Å²) in [6, 6.07) is 8.70. The summed E-state index contributed by atoms with van der Waals surface area (Å²) >= 11 is 0. The second-order valence-corrected chi connectivity index (χ2v) is 3.37. The molecule has 0 aromatic heterocycles. The number of benzene rings is 1. The van der Waals surface area contributed by atoms with Gasteiger partial charge in [0.1, 0.15) is 0 Å². The Bertz CT molecular complexity index is 409. The van der Waals surface area contributed by atoms with Gasteiger partial charge >= 0.3 is 5.97 Å². The molecule has 1 atom stereocenters. The molecule has 0 amide bonds. The minimum absolute atomic E-state index is 0.161. The number of ether oxygens (including phenoxy) is 1. The lowest BCUT2D eigenvalue weighted by atomic mass is 10.0. The first kappa shape index (κ1) is 12.2. The molecule has 0 radical (unpaired) electrons. The highest BCUT2D eigenvalue weighted by atomic mass is 16.5. The number of hydrogen-bond donors (Lipinski definition) is 1. The monoisotopic (exact) mass is 219 g/mol. The van der Waals surface area contributed by atoms with Crippen LogP contribution in [0.5, 0.6) is 0 Å². The van der Waals surface area contributed by atoms with E-state index in [0.29, 0.717) is 17.5 Å². The lowest BCUT2D eigenvalue weighted by Gasteiger charge is -2.10. The highest BCUT2D eigenvalue weighted by Crippen LogP contribution is 2.19. The van der Waals surface area contributed by atoms with Crippen molar-refractivity contribution in [2.75, 3.05) is 7.11 Å². The quantitative estimate of drug-likeness (QED) is 0.780. The predicted octanol–water partition coefficient (Wildman–Crippen LogP) is 1.54. The van der Waals surface area contributed by atoms with Crippen LogP contribution in [0.25, 0.3) is 0 Å². The summed E-state index contributed by atoms with van der Waals surface area (Å²) < 4.78 is 4.48. The van der Waals surface area contributed by atoms with Crippen molar-refractivity contribution >= 4 is 5.97 Å². The SMILES string of the molecule is COC(=O)CCC(O)c1cccc(C#N)c1. The number of esters is 1. The first-order chi connectivity index (χ1) is 7.67. The molecule has 16 heavy (non-hydrogen) atoms. The molecule has 0 heterocycles. The van der Waals surface area contributed by atoms with Gasteiger partial charge in [0.15, 0.2) is 0 Å². The molecular weight excluding hydrogens is 206 g/mol. The van der Waals surface area contributed by atoms with Gasteiger partial charge in [-0.2, -0.15) is 5.26 Å². The normalized spacial score (nSPS) is 11.6. The molecule has 0 bridgehead atoms. The first-order valence-corrected chi connectivity index (χ1v) is 4.92. The maximum absolute atomic E-state index is 10.9. The van der Waals surface area contributed by atoms with Gasteiger partial charge in [-0.1, -0.05) is 12.1 Å². The number of aliphatic hydroxyl groups excluding tert-OH is 1. The van der Waals surface area contributed by atoms with E-state index in [1.807, 2.05) is 6.07 Å². The smallest absolute Gasteiger partial charge is 0.305 e. The van der Waals surface area contributed by atoms with Crippen LogP contribution in [0, 0.1) is 11.3 Å². The fraction of sp³-hybridized carbons (Fsp3) is 0.333. The maximum Gasteiger partial charge on any atom is 0.305 e. The fourth-order valence-electron chi connectivity index (χ4n) is 1.34. The minimum Gasteiger partial charge on any atom is -0.469 e. The summed E-state index contributed by atoms with van der Waals surface area (Å²) in [7, 11) is 1.31. The van der Waals surface area contributed by atoms with Crippen LogP contribution in [-0.4, -0.2) is 18.2 Å². The Kier molecular flexibility index (Phi) is 4.49. The summed E-state index contributed by atoms with van der Waals surface area (Å²) in [6.07, 6.45) is -0.289. The second-order valence-electron chi connectivity index (χ2n) is 3.37. The van der Waals surface area contributed by atoms with Crippen LogP contribution < -0.4 is 0 Å². The highest BCUT2D eigenvalue weighted by Gasteiger charge is 2.10. The number of carbonyl (C=O) groups is 1. The lowest BCUT2D eigenvalue weighted by molar-refractivity contribution is -0.141. The van der Waals surface area contributed by atoms with Gasteiger partial charge in [0.2, 0.25) is 0 Å². The molecule has 0 aliphatic carbocycles. The third-order valence-corrected chi connectivity index (χ3v) is 2.25. The van der Waals surface area contributed by atoms with Crippen molar-refractivity contribution in [1.29, 1.82) is 5.26 Å². The number of methoxy groups -OCH3 is 1. The Balaban J connectivity index is 2.62. The second kappa shape index (κ2) is 5.89. The van der Waals surface area contributed by atoms with E-state index in [1.54, 1.807) is 24.3 Å². The van der Waals surface area contributed by atoms with Crippen molar-refractivity contribution in [1.82, 2.24) is 0 Å². The van der Waals surface area contributed by atoms with Crippen LogP contribution in [0.2, 0.25) is 0 Å². The van der Waals surface area contributed by atoms with E-state index in [4.69, 9.17) is 5.26 Å². The molecule has 4 heteroatoms. The lowest BCUT2D eigenvalue weighted by Crippen LogP contribution is -2.05. The van der Waals surface area contributed by atoms with E-state index in [0.717, 1.165) is 0 Å². The zero-order valence-corrected chi connectivity index (χ0v) is 9.01. The molecule has 0 aliphatic rings. The fourth-order valence-corrected chi connectivity index (χ4v) is 1.34. The average Bonchev–Trinajstić information content (AvgIpc) is 2.35. The average molecular weight is 219 g/mol. The summed E-state index contributed by atoms with van der Waals surface area (Å²) in [5, 5.41) is 18.5. The van der Waals surface area contributed by atoms with Crippen molar-refractivity contribution in [2.45, 2.75) is 18.9 Å². The molecule has 0 aliphatic heterocycles. The molecule has 1 aromatic carbocycles. The van der Waals surface area contributed by atoms with Crippen LogP contribution in [-0.2, 0) is 9.53 Å². The zero-order chi connectivity index (χ0) is 12.0. The number of nitriles is 1. The van der Waals surface area contributed by atoms with Crippen LogP contribution >= 0.6 is 0 Å². The Labute approximate surface area is 94.1 Å². The third kappa shape index (κ3) is 3.37. The van der Waals surface area contributed by atoms with Crippen molar-refractivity contribution < 1.29 is 14.6 Å². The zero-order valence-electron chi connectivity index (χ0n) is 9.01. The number of rotatable bonds is 4. The van der Waals surface area contributed by atoms with Crippen molar-refractivity contribution in [2.24, 2.45) is 0 Å². The number of nitrogens with zero attached hydrogens (tertiary/aromatic N) is 1. The van der Waals surface area contributed by atoms with Crippen molar-refractivity contribution in [3.05, 3.63) is 35.4 Å². The van der Waals surface area contributed by atoms with Gasteiger partial charge in [-0.3, -0.25) is 4.79 Å². The van der Waals surface area contributed by atoms with E-state index >= 15 is 0 Å². The molecule has 1 N–H and O–H groups in total. The molecule has 1 rings (SSSR count). The first-order valence-electron chi connectivity index (χ1n) is 4.92. The van der Waals surface area contributed by atoms with Gasteiger partial charge in [-0.25, -0.2) is 0 Å². The molecule has 0 saturated heterocycles. The van der Waals surface area contributed by atoms with Gasteiger partial charge in [0, 0.05) is 6.42 Å². The molecular formula is C12H13NO3. The molecule has 0 saturated carbocycles. The molecule has 1 aromatic rings. The van der Waals surface area contributed by atoms with Crippen LogP contribution in [0.1, 0.15) is 30.1 Å². The number of aliphatic hydroxyl groups is 1. The summed E-state index contributed by atoms with van der Waals surface area (Å²) in [6.45, 7) is 0. The minimum atomic E-state index is -0.743. The predicted molar refractivity (Wildman–Crippen MR) is 57.4 cm³/mol. The van der Waals surface area contributed by atoms with Crippen LogP contribution in [0.4, 0.5) is 0 Å². The van der Waals surface area contributed by atoms with E-state index in [2.05, 4.69) is 4.74 Å². The van der Waals surface area contributed by atoms with E-state index < -0.39 is 6.10 Å². The highest BCUT2D eigenvalue weighted by molar-refractivity contribution is 5.69. The largest absolute Gasteiger partial charge is 0.469 e. The van der Waals surface area contributed by atoms with Gasteiger partial charge in [-0.15, -0.1) is 0 Å². The molecule has 0 fully saturated rings. The number of carbonyl (C=O) groups excluding carboxylic acids is 1. The van der Waals surface area contributed by atoms with Crippen molar-refractivity contribution in [3.63, 3.8) is 0 Å². The Hall–Kier alpha value is -1.86. The van der Waals surface area contributed by atoms with E-state index in [1.165, 1.54) is 7.11 Å².